The van der Waals surface area contributed by atoms with Gasteiger partial charge in [0.2, 0.25) is 0 Å². The summed E-state index contributed by atoms with van der Waals surface area (Å²) in [5, 5.41) is 0. The highest BCUT2D eigenvalue weighted by Crippen LogP contribution is 2.25. The van der Waals surface area contributed by atoms with E-state index in [2.05, 4.69) is 102 Å². The van der Waals surface area contributed by atoms with Crippen molar-refractivity contribution < 1.29 is 0 Å². The summed E-state index contributed by atoms with van der Waals surface area (Å²) < 4.78 is 0. The molecule has 0 heterocycles. The SMILES string of the molecule is CC(C)[C@@H](C)c1ccccc1.CCC(C)[C@H](C)c1ccccc1. The Hall–Kier alpha value is -1.56. The molecule has 0 aliphatic heterocycles. The van der Waals surface area contributed by atoms with Crippen LogP contribution in [0.25, 0.3) is 0 Å². The van der Waals surface area contributed by atoms with Crippen LogP contribution in [0.4, 0.5) is 0 Å². The van der Waals surface area contributed by atoms with Gasteiger partial charge in [0.1, 0.15) is 0 Å². The van der Waals surface area contributed by atoms with Crippen LogP contribution in [0.2, 0.25) is 0 Å². The summed E-state index contributed by atoms with van der Waals surface area (Å²) in [6.07, 6.45) is 1.26. The molecule has 0 bridgehead atoms. The zero-order valence-electron chi connectivity index (χ0n) is 15.8. The maximum atomic E-state index is 2.32. The molecule has 2 rings (SSSR count). The van der Waals surface area contributed by atoms with Crippen LogP contribution in [0, 0.1) is 11.8 Å². The summed E-state index contributed by atoms with van der Waals surface area (Å²) in [5.74, 6) is 2.89. The van der Waals surface area contributed by atoms with Crippen LogP contribution >= 0.6 is 0 Å². The second-order valence-corrected chi connectivity index (χ2v) is 7.03. The fourth-order valence-electron chi connectivity index (χ4n) is 2.58. The highest BCUT2D eigenvalue weighted by atomic mass is 14.2. The van der Waals surface area contributed by atoms with Crippen LogP contribution in [-0.2, 0) is 0 Å². The van der Waals surface area contributed by atoms with E-state index < -0.39 is 0 Å². The van der Waals surface area contributed by atoms with Crippen molar-refractivity contribution in [2.75, 3.05) is 0 Å². The first-order valence-electron chi connectivity index (χ1n) is 9.07. The van der Waals surface area contributed by atoms with Crippen LogP contribution < -0.4 is 0 Å². The molecule has 0 aromatic heterocycles. The Labute approximate surface area is 144 Å². The van der Waals surface area contributed by atoms with E-state index >= 15 is 0 Å². The topological polar surface area (TPSA) is 0 Å². The van der Waals surface area contributed by atoms with E-state index in [1.165, 1.54) is 17.5 Å². The Morgan fingerprint density at radius 3 is 1.35 bits per heavy atom. The monoisotopic (exact) mass is 310 g/mol. The molecule has 0 N–H and O–H groups in total. The summed E-state index contributed by atoms with van der Waals surface area (Å²) in [6.45, 7) is 13.7. The number of hydrogen-bond donors (Lipinski definition) is 0. The van der Waals surface area contributed by atoms with Crippen molar-refractivity contribution in [2.24, 2.45) is 11.8 Å². The minimum atomic E-state index is 0.677. The number of benzene rings is 2. The van der Waals surface area contributed by atoms with Gasteiger partial charge in [0.15, 0.2) is 0 Å². The van der Waals surface area contributed by atoms with Crippen molar-refractivity contribution >= 4 is 0 Å². The van der Waals surface area contributed by atoms with Crippen LogP contribution in [0.1, 0.15) is 70.9 Å². The highest BCUT2D eigenvalue weighted by Gasteiger charge is 2.11. The van der Waals surface area contributed by atoms with Gasteiger partial charge >= 0.3 is 0 Å². The highest BCUT2D eigenvalue weighted by molar-refractivity contribution is 5.19. The second-order valence-electron chi connectivity index (χ2n) is 7.03. The molecule has 0 heteroatoms. The normalized spacial score (nSPS) is 14.6. The molecule has 0 spiro atoms. The third-order valence-corrected chi connectivity index (χ3v) is 5.15. The van der Waals surface area contributed by atoms with Gasteiger partial charge in [-0.2, -0.15) is 0 Å². The standard InChI is InChI=1S/C12H18.C11H16/c1-4-10(2)11(3)12-8-6-5-7-9-12;1-9(2)10(3)11-7-5-4-6-8-11/h5-11H,4H2,1-3H3;4-10H,1-3H3/t10?,11-;10-/m01/s1. The van der Waals surface area contributed by atoms with Gasteiger partial charge in [-0.1, -0.05) is 109 Å². The molecule has 1 unspecified atom stereocenters. The minimum absolute atomic E-state index is 0.677. The average Bonchev–Trinajstić information content (AvgIpc) is 2.61. The molecule has 2 aromatic carbocycles. The van der Waals surface area contributed by atoms with Crippen LogP contribution in [0.5, 0.6) is 0 Å². The van der Waals surface area contributed by atoms with E-state index in [1.807, 2.05) is 0 Å². The Bertz CT molecular complexity index is 512. The van der Waals surface area contributed by atoms with Crippen LogP contribution in [0.15, 0.2) is 60.7 Å². The quantitative estimate of drug-likeness (QED) is 0.544. The predicted octanol–water partition coefficient (Wildman–Crippen LogP) is 7.28. The predicted molar refractivity (Wildman–Crippen MR) is 104 cm³/mol. The molecule has 0 saturated heterocycles. The second kappa shape index (κ2) is 10.3. The summed E-state index contributed by atoms with van der Waals surface area (Å²) in [6, 6.07) is 21.4. The summed E-state index contributed by atoms with van der Waals surface area (Å²) in [4.78, 5) is 0. The minimum Gasteiger partial charge on any atom is -0.0651 e. The van der Waals surface area contributed by atoms with Gasteiger partial charge in [0.05, 0.1) is 0 Å². The molecule has 0 amide bonds. The Morgan fingerprint density at radius 2 is 1.00 bits per heavy atom. The first kappa shape index (κ1) is 19.5. The maximum absolute atomic E-state index is 2.32. The molecule has 0 radical (unpaired) electrons. The van der Waals surface area contributed by atoms with Gasteiger partial charge in [-0.05, 0) is 34.8 Å². The largest absolute Gasteiger partial charge is 0.0651 e. The lowest BCUT2D eigenvalue weighted by Crippen LogP contribution is -2.04. The zero-order chi connectivity index (χ0) is 17.2. The molecule has 23 heavy (non-hydrogen) atoms. The molecule has 0 nitrogen and oxygen atoms in total. The molecular formula is C23H34. The average molecular weight is 311 g/mol. The Morgan fingerprint density at radius 1 is 0.609 bits per heavy atom. The van der Waals surface area contributed by atoms with E-state index in [0.29, 0.717) is 11.8 Å². The molecule has 0 aliphatic rings. The van der Waals surface area contributed by atoms with Crippen molar-refractivity contribution in [3.63, 3.8) is 0 Å². The molecule has 126 valence electrons. The van der Waals surface area contributed by atoms with Crippen molar-refractivity contribution in [2.45, 2.75) is 59.8 Å². The zero-order valence-corrected chi connectivity index (χ0v) is 15.8. The van der Waals surface area contributed by atoms with Crippen LogP contribution in [-0.4, -0.2) is 0 Å². The van der Waals surface area contributed by atoms with E-state index in [1.54, 1.807) is 0 Å². The fraction of sp³-hybridized carbons (Fsp3) is 0.478. The van der Waals surface area contributed by atoms with Gasteiger partial charge < -0.3 is 0 Å². The molecule has 0 fully saturated rings. The van der Waals surface area contributed by atoms with Gasteiger partial charge in [0, 0.05) is 0 Å². The molecule has 0 saturated carbocycles. The Kier molecular flexibility index (Phi) is 8.69. The van der Waals surface area contributed by atoms with Crippen molar-refractivity contribution in [1.82, 2.24) is 0 Å². The first-order valence-corrected chi connectivity index (χ1v) is 9.07. The van der Waals surface area contributed by atoms with Gasteiger partial charge in [-0.3, -0.25) is 0 Å². The lowest BCUT2D eigenvalue weighted by atomic mass is 9.87. The molecule has 2 aromatic rings. The summed E-state index contributed by atoms with van der Waals surface area (Å²) >= 11 is 0. The first-order chi connectivity index (χ1) is 11.0. The van der Waals surface area contributed by atoms with Crippen LogP contribution in [0.3, 0.4) is 0 Å². The van der Waals surface area contributed by atoms with Crippen molar-refractivity contribution in [3.05, 3.63) is 71.8 Å². The third kappa shape index (κ3) is 6.60. The van der Waals surface area contributed by atoms with Crippen molar-refractivity contribution in [1.29, 1.82) is 0 Å². The number of rotatable bonds is 5. The lowest BCUT2D eigenvalue weighted by Gasteiger charge is -2.18. The van der Waals surface area contributed by atoms with E-state index in [4.69, 9.17) is 0 Å². The molecular weight excluding hydrogens is 276 g/mol. The van der Waals surface area contributed by atoms with Gasteiger partial charge in [-0.25, -0.2) is 0 Å². The Balaban J connectivity index is 0.000000231. The third-order valence-electron chi connectivity index (χ3n) is 5.15. The fourth-order valence-corrected chi connectivity index (χ4v) is 2.58. The van der Waals surface area contributed by atoms with Gasteiger partial charge in [0.25, 0.3) is 0 Å². The molecule has 3 atom stereocenters. The van der Waals surface area contributed by atoms with E-state index in [0.717, 1.165) is 11.8 Å². The van der Waals surface area contributed by atoms with Gasteiger partial charge in [-0.15, -0.1) is 0 Å². The summed E-state index contributed by atoms with van der Waals surface area (Å²) in [7, 11) is 0. The van der Waals surface area contributed by atoms with Crippen molar-refractivity contribution in [3.8, 4) is 0 Å². The lowest BCUT2D eigenvalue weighted by molar-refractivity contribution is 0.473. The van der Waals surface area contributed by atoms with E-state index in [-0.39, 0.29) is 0 Å². The number of hydrogen-bond acceptors (Lipinski definition) is 0. The summed E-state index contributed by atoms with van der Waals surface area (Å²) in [5.41, 5.74) is 2.91. The van der Waals surface area contributed by atoms with E-state index in [9.17, 15) is 0 Å². The molecule has 0 aliphatic carbocycles. The maximum Gasteiger partial charge on any atom is -0.0165 e. The smallest absolute Gasteiger partial charge is 0.0165 e.